The lowest BCUT2D eigenvalue weighted by atomic mass is 9.98. The summed E-state index contributed by atoms with van der Waals surface area (Å²) in [5.41, 5.74) is 1.50. The van der Waals surface area contributed by atoms with E-state index in [2.05, 4.69) is 6.58 Å². The summed E-state index contributed by atoms with van der Waals surface area (Å²) in [6.45, 7) is 3.98. The zero-order valence-electron chi connectivity index (χ0n) is 20.8. The second-order valence-corrected chi connectivity index (χ2v) is 8.63. The van der Waals surface area contributed by atoms with Crippen LogP contribution in [0.1, 0.15) is 26.3 Å². The fraction of sp³-hybridized carbons (Fsp3) is 0.267. The molecule has 0 spiro atoms. The molecule has 0 amide bonds. The standard InChI is InChI=1S/C30H30O8/c1-2-18-35-30-27(38-29(33)23-16-10-5-11-17-23)26(37-28(32)22-14-8-4-9-15-22)25(31)24(36-30)20-34-19-21-12-6-3-7-13-21/h2-17,24-27,30-31H,1,18-20H2/t24-,25+,26+,27-,30-/m1/s1. The van der Waals surface area contributed by atoms with Crippen LogP contribution in [0.25, 0.3) is 0 Å². The molecule has 8 heteroatoms. The van der Waals surface area contributed by atoms with Gasteiger partial charge in [-0.25, -0.2) is 9.59 Å². The third kappa shape index (κ3) is 7.14. The molecule has 5 atom stereocenters. The molecule has 3 aromatic rings. The van der Waals surface area contributed by atoms with Crippen molar-refractivity contribution in [1.29, 1.82) is 0 Å². The average molecular weight is 519 g/mol. The molecule has 1 aliphatic heterocycles. The van der Waals surface area contributed by atoms with Crippen LogP contribution in [-0.2, 0) is 30.3 Å². The largest absolute Gasteiger partial charge is 0.452 e. The summed E-state index contributed by atoms with van der Waals surface area (Å²) in [6.07, 6.45) is -4.54. The summed E-state index contributed by atoms with van der Waals surface area (Å²) in [5.74, 6) is -1.37. The van der Waals surface area contributed by atoms with Crippen molar-refractivity contribution in [2.45, 2.75) is 37.3 Å². The number of hydrogen-bond donors (Lipinski definition) is 1. The van der Waals surface area contributed by atoms with E-state index in [1.807, 2.05) is 30.3 Å². The van der Waals surface area contributed by atoms with Crippen LogP contribution in [0.4, 0.5) is 0 Å². The minimum absolute atomic E-state index is 0.0251. The smallest absolute Gasteiger partial charge is 0.338 e. The zero-order chi connectivity index (χ0) is 26.7. The Morgan fingerprint density at radius 1 is 0.816 bits per heavy atom. The lowest BCUT2D eigenvalue weighted by Crippen LogP contribution is -2.62. The van der Waals surface area contributed by atoms with Crippen LogP contribution in [0.3, 0.4) is 0 Å². The van der Waals surface area contributed by atoms with Gasteiger partial charge in [-0.15, -0.1) is 6.58 Å². The Labute approximate surface area is 221 Å². The Bertz CT molecular complexity index is 1170. The number of aliphatic hydroxyl groups excluding tert-OH is 1. The van der Waals surface area contributed by atoms with Crippen LogP contribution < -0.4 is 0 Å². The molecular formula is C30H30O8. The second-order valence-electron chi connectivity index (χ2n) is 8.63. The fourth-order valence-electron chi connectivity index (χ4n) is 3.98. The molecule has 4 rings (SSSR count). The third-order valence-corrected chi connectivity index (χ3v) is 5.90. The van der Waals surface area contributed by atoms with Crippen molar-refractivity contribution in [3.63, 3.8) is 0 Å². The zero-order valence-corrected chi connectivity index (χ0v) is 20.8. The van der Waals surface area contributed by atoms with Crippen LogP contribution in [0.2, 0.25) is 0 Å². The van der Waals surface area contributed by atoms with Gasteiger partial charge in [-0.2, -0.15) is 0 Å². The molecule has 0 aromatic heterocycles. The molecule has 3 aromatic carbocycles. The molecule has 0 aliphatic carbocycles. The molecule has 1 fully saturated rings. The van der Waals surface area contributed by atoms with Gasteiger partial charge in [0, 0.05) is 0 Å². The van der Waals surface area contributed by atoms with Gasteiger partial charge < -0.3 is 28.8 Å². The fourth-order valence-corrected chi connectivity index (χ4v) is 3.98. The van der Waals surface area contributed by atoms with Gasteiger partial charge in [0.25, 0.3) is 0 Å². The lowest BCUT2D eigenvalue weighted by molar-refractivity contribution is -0.299. The number of hydrogen-bond acceptors (Lipinski definition) is 8. The SMILES string of the molecule is C=CCO[C@@H]1O[C@H](COCc2ccccc2)[C@H](O)[C@H](OC(=O)c2ccccc2)[C@H]1OC(=O)c1ccccc1. The van der Waals surface area contributed by atoms with E-state index < -0.39 is 42.6 Å². The van der Waals surface area contributed by atoms with E-state index in [1.54, 1.807) is 60.7 Å². The Hall–Kier alpha value is -3.82. The number of carbonyl (C=O) groups excluding carboxylic acids is 2. The molecule has 38 heavy (non-hydrogen) atoms. The van der Waals surface area contributed by atoms with E-state index in [4.69, 9.17) is 23.7 Å². The summed E-state index contributed by atoms with van der Waals surface area (Å²) in [6, 6.07) is 26.2. The van der Waals surface area contributed by atoms with Gasteiger partial charge in [-0.3, -0.25) is 0 Å². The van der Waals surface area contributed by atoms with E-state index in [0.29, 0.717) is 0 Å². The number of esters is 2. The number of benzene rings is 3. The van der Waals surface area contributed by atoms with E-state index in [1.165, 1.54) is 6.08 Å². The third-order valence-electron chi connectivity index (χ3n) is 5.90. The molecule has 1 heterocycles. The molecule has 0 bridgehead atoms. The molecule has 1 aliphatic rings. The second kappa shape index (κ2) is 13.6. The molecular weight excluding hydrogens is 488 g/mol. The average Bonchev–Trinajstić information content (AvgIpc) is 2.96. The van der Waals surface area contributed by atoms with E-state index in [9.17, 15) is 14.7 Å². The maximum atomic E-state index is 13.0. The van der Waals surface area contributed by atoms with Crippen molar-refractivity contribution in [2.75, 3.05) is 13.2 Å². The summed E-state index contributed by atoms with van der Waals surface area (Å²) in [4.78, 5) is 25.9. The van der Waals surface area contributed by atoms with Gasteiger partial charge in [0.1, 0.15) is 12.2 Å². The summed E-state index contributed by atoms with van der Waals surface area (Å²) >= 11 is 0. The molecule has 8 nitrogen and oxygen atoms in total. The molecule has 1 saturated heterocycles. The summed E-state index contributed by atoms with van der Waals surface area (Å²) in [5, 5.41) is 11.3. The first-order valence-corrected chi connectivity index (χ1v) is 12.3. The first kappa shape index (κ1) is 27.2. The van der Waals surface area contributed by atoms with Crippen LogP contribution in [-0.4, -0.2) is 61.0 Å². The van der Waals surface area contributed by atoms with Crippen LogP contribution in [0, 0.1) is 0 Å². The normalized spacial score (nSPS) is 22.8. The van der Waals surface area contributed by atoms with Crippen molar-refractivity contribution >= 4 is 11.9 Å². The van der Waals surface area contributed by atoms with Crippen LogP contribution in [0.15, 0.2) is 104 Å². The van der Waals surface area contributed by atoms with Gasteiger partial charge in [-0.05, 0) is 29.8 Å². The van der Waals surface area contributed by atoms with Gasteiger partial charge >= 0.3 is 11.9 Å². The Morgan fingerprint density at radius 3 is 1.89 bits per heavy atom. The lowest BCUT2D eigenvalue weighted by Gasteiger charge is -2.43. The molecule has 0 unspecified atom stereocenters. The van der Waals surface area contributed by atoms with E-state index in [0.717, 1.165) is 5.56 Å². The Morgan fingerprint density at radius 2 is 1.34 bits per heavy atom. The highest BCUT2D eigenvalue weighted by Crippen LogP contribution is 2.29. The Balaban J connectivity index is 1.56. The highest BCUT2D eigenvalue weighted by molar-refractivity contribution is 5.90. The highest BCUT2D eigenvalue weighted by Gasteiger charge is 2.50. The van der Waals surface area contributed by atoms with Crippen LogP contribution in [0.5, 0.6) is 0 Å². The summed E-state index contributed by atoms with van der Waals surface area (Å²) < 4.78 is 29.0. The van der Waals surface area contributed by atoms with Crippen LogP contribution >= 0.6 is 0 Å². The number of ether oxygens (including phenoxy) is 5. The van der Waals surface area contributed by atoms with Crippen molar-refractivity contribution in [2.24, 2.45) is 0 Å². The first-order valence-electron chi connectivity index (χ1n) is 12.3. The van der Waals surface area contributed by atoms with Crippen molar-refractivity contribution in [1.82, 2.24) is 0 Å². The van der Waals surface area contributed by atoms with Gasteiger partial charge in [0.2, 0.25) is 0 Å². The maximum Gasteiger partial charge on any atom is 0.338 e. The molecule has 198 valence electrons. The number of rotatable bonds is 11. The monoisotopic (exact) mass is 518 g/mol. The first-order chi connectivity index (χ1) is 18.6. The maximum absolute atomic E-state index is 13.0. The van der Waals surface area contributed by atoms with Crippen molar-refractivity contribution in [3.05, 3.63) is 120 Å². The minimum Gasteiger partial charge on any atom is -0.452 e. The van der Waals surface area contributed by atoms with E-state index in [-0.39, 0.29) is 30.9 Å². The van der Waals surface area contributed by atoms with Gasteiger partial charge in [0.15, 0.2) is 18.5 Å². The predicted octanol–water partition coefficient (Wildman–Crippen LogP) is 3.94. The molecule has 0 saturated carbocycles. The Kier molecular flexibility index (Phi) is 9.77. The van der Waals surface area contributed by atoms with Crippen molar-refractivity contribution < 1.29 is 38.4 Å². The van der Waals surface area contributed by atoms with E-state index >= 15 is 0 Å². The quantitative estimate of drug-likeness (QED) is 0.301. The highest BCUT2D eigenvalue weighted by atomic mass is 16.7. The predicted molar refractivity (Wildman–Crippen MR) is 138 cm³/mol. The number of carbonyl (C=O) groups is 2. The summed E-state index contributed by atoms with van der Waals surface area (Å²) in [7, 11) is 0. The molecule has 0 radical (unpaired) electrons. The molecule has 1 N–H and O–H groups in total. The minimum atomic E-state index is -1.38. The van der Waals surface area contributed by atoms with Gasteiger partial charge in [0.05, 0.1) is 30.9 Å². The van der Waals surface area contributed by atoms with Gasteiger partial charge in [-0.1, -0.05) is 72.8 Å². The number of aliphatic hydroxyl groups is 1. The van der Waals surface area contributed by atoms with Crippen molar-refractivity contribution in [3.8, 4) is 0 Å². The topological polar surface area (TPSA) is 101 Å².